The predicted molar refractivity (Wildman–Crippen MR) is 32.9 cm³/mol. The first kappa shape index (κ1) is 6.13. The van der Waals surface area contributed by atoms with Gasteiger partial charge < -0.3 is 10.4 Å². The van der Waals surface area contributed by atoms with Crippen LogP contribution >= 0.6 is 0 Å². The van der Waals surface area contributed by atoms with Crippen LogP contribution < -0.4 is 5.32 Å². The molecule has 0 unspecified atom stereocenters. The van der Waals surface area contributed by atoms with E-state index in [2.05, 4.69) is 5.32 Å². The van der Waals surface area contributed by atoms with Crippen LogP contribution in [0.15, 0.2) is 12.3 Å². The Morgan fingerprint density at radius 3 is 2.78 bits per heavy atom. The zero-order valence-electron chi connectivity index (χ0n) is 5.00. The third-order valence-corrected chi connectivity index (χ3v) is 1.14. The van der Waals surface area contributed by atoms with Crippen molar-refractivity contribution in [2.75, 3.05) is 0 Å². The van der Waals surface area contributed by atoms with Crippen LogP contribution in [0.3, 0.4) is 0 Å². The Labute approximate surface area is 53.4 Å². The fraction of sp³-hybridized carbons (Fsp3) is 0.500. The van der Waals surface area contributed by atoms with E-state index in [0.29, 0.717) is 6.04 Å². The van der Waals surface area contributed by atoms with Crippen LogP contribution in [0, 0.1) is 0 Å². The summed E-state index contributed by atoms with van der Waals surface area (Å²) in [7, 11) is 0. The summed E-state index contributed by atoms with van der Waals surface area (Å²) in [6, 6.07) is 0.542. The van der Waals surface area contributed by atoms with Gasteiger partial charge in [-0.2, -0.15) is 0 Å². The number of aliphatic carboxylic acids is 1. The zero-order valence-corrected chi connectivity index (χ0v) is 5.00. The lowest BCUT2D eigenvalue weighted by Gasteiger charge is -1.89. The molecule has 0 saturated heterocycles. The lowest BCUT2D eigenvalue weighted by Crippen LogP contribution is -2.07. The molecule has 0 bridgehead atoms. The first-order chi connectivity index (χ1) is 4.29. The van der Waals surface area contributed by atoms with Gasteiger partial charge in [-0.1, -0.05) is 0 Å². The van der Waals surface area contributed by atoms with E-state index in [1.54, 1.807) is 0 Å². The molecule has 1 fully saturated rings. The van der Waals surface area contributed by atoms with Crippen LogP contribution in [-0.2, 0) is 4.79 Å². The van der Waals surface area contributed by atoms with Gasteiger partial charge >= 0.3 is 5.97 Å². The van der Waals surface area contributed by atoms with Gasteiger partial charge in [0.05, 0.1) is 0 Å². The molecule has 9 heavy (non-hydrogen) atoms. The lowest BCUT2D eigenvalue weighted by molar-refractivity contribution is -0.131. The molecule has 0 atom stereocenters. The number of carboxylic acids is 1. The summed E-state index contributed by atoms with van der Waals surface area (Å²) in [6.07, 6.45) is 4.94. The molecule has 1 saturated carbocycles. The van der Waals surface area contributed by atoms with Gasteiger partial charge in [-0.25, -0.2) is 4.79 Å². The summed E-state index contributed by atoms with van der Waals surface area (Å²) >= 11 is 0. The summed E-state index contributed by atoms with van der Waals surface area (Å²) < 4.78 is 0. The molecule has 1 aliphatic carbocycles. The van der Waals surface area contributed by atoms with Crippen molar-refractivity contribution >= 4 is 5.97 Å². The molecule has 0 aromatic carbocycles. The Bertz CT molecular complexity index is 138. The van der Waals surface area contributed by atoms with Crippen molar-refractivity contribution in [2.24, 2.45) is 0 Å². The largest absolute Gasteiger partial charge is 0.478 e. The van der Waals surface area contributed by atoms with Gasteiger partial charge in [0.1, 0.15) is 0 Å². The molecule has 1 aliphatic rings. The Balaban J connectivity index is 2.08. The van der Waals surface area contributed by atoms with E-state index in [0.717, 1.165) is 6.08 Å². The Kier molecular flexibility index (Phi) is 1.72. The predicted octanol–water partition coefficient (Wildman–Crippen LogP) is 0.337. The van der Waals surface area contributed by atoms with Crippen molar-refractivity contribution in [1.82, 2.24) is 5.32 Å². The highest BCUT2D eigenvalue weighted by Crippen LogP contribution is 2.18. The minimum atomic E-state index is -0.900. The average Bonchev–Trinajstić information content (AvgIpc) is 2.48. The first-order valence-electron chi connectivity index (χ1n) is 2.94. The van der Waals surface area contributed by atoms with Gasteiger partial charge in [0.15, 0.2) is 0 Å². The second-order valence-electron chi connectivity index (χ2n) is 2.11. The first-order valence-corrected chi connectivity index (χ1v) is 2.94. The third-order valence-electron chi connectivity index (χ3n) is 1.14. The Morgan fingerprint density at radius 1 is 1.67 bits per heavy atom. The maximum absolute atomic E-state index is 9.87. The van der Waals surface area contributed by atoms with Crippen LogP contribution in [0.2, 0.25) is 0 Å². The molecule has 3 heteroatoms. The summed E-state index contributed by atoms with van der Waals surface area (Å²) in [5.74, 6) is -0.900. The van der Waals surface area contributed by atoms with Crippen LogP contribution in [0.1, 0.15) is 12.8 Å². The molecule has 0 aliphatic heterocycles. The summed E-state index contributed by atoms with van der Waals surface area (Å²) in [6.45, 7) is 0. The van der Waals surface area contributed by atoms with Gasteiger partial charge in [0.2, 0.25) is 0 Å². The quantitative estimate of drug-likeness (QED) is 0.537. The molecule has 3 nitrogen and oxygen atoms in total. The molecule has 0 amide bonds. The van der Waals surface area contributed by atoms with Crippen molar-refractivity contribution in [3.8, 4) is 0 Å². The molecule has 0 heterocycles. The van der Waals surface area contributed by atoms with Crippen molar-refractivity contribution < 1.29 is 9.90 Å². The molecule has 0 radical (unpaired) electrons. The number of hydrogen-bond acceptors (Lipinski definition) is 2. The van der Waals surface area contributed by atoms with Crippen LogP contribution in [-0.4, -0.2) is 17.1 Å². The van der Waals surface area contributed by atoms with Crippen molar-refractivity contribution in [3.05, 3.63) is 12.3 Å². The van der Waals surface area contributed by atoms with Gasteiger partial charge in [-0.3, -0.25) is 0 Å². The van der Waals surface area contributed by atoms with Crippen LogP contribution in [0.5, 0.6) is 0 Å². The second kappa shape index (κ2) is 2.53. The third kappa shape index (κ3) is 2.74. The van der Waals surface area contributed by atoms with E-state index in [9.17, 15) is 4.79 Å². The lowest BCUT2D eigenvalue weighted by atomic mass is 10.6. The highest BCUT2D eigenvalue weighted by atomic mass is 16.4. The Hall–Kier alpha value is -0.990. The highest BCUT2D eigenvalue weighted by molar-refractivity contribution is 5.79. The monoisotopic (exact) mass is 127 g/mol. The minimum absolute atomic E-state index is 0.542. The van der Waals surface area contributed by atoms with Crippen molar-refractivity contribution in [1.29, 1.82) is 0 Å². The highest BCUT2D eigenvalue weighted by Gasteiger charge is 2.18. The topological polar surface area (TPSA) is 49.3 Å². The molecule has 2 N–H and O–H groups in total. The Morgan fingerprint density at radius 2 is 2.33 bits per heavy atom. The zero-order chi connectivity index (χ0) is 6.69. The molecular weight excluding hydrogens is 118 g/mol. The normalized spacial score (nSPS) is 18.2. The van der Waals surface area contributed by atoms with Crippen molar-refractivity contribution in [2.45, 2.75) is 18.9 Å². The van der Waals surface area contributed by atoms with E-state index >= 15 is 0 Å². The second-order valence-corrected chi connectivity index (χ2v) is 2.11. The number of nitrogens with one attached hydrogen (secondary N) is 1. The number of carbonyl (C=O) groups is 1. The van der Waals surface area contributed by atoms with Crippen LogP contribution in [0.25, 0.3) is 0 Å². The van der Waals surface area contributed by atoms with Gasteiger partial charge in [-0.05, 0) is 12.8 Å². The van der Waals surface area contributed by atoms with E-state index in [1.807, 2.05) is 0 Å². The standard InChI is InChI=1S/C6H9NO2/c8-6(9)3-4-7-5-1-2-5/h3-5,7H,1-2H2,(H,8,9)/b4-3-. The van der Waals surface area contributed by atoms with E-state index in [4.69, 9.17) is 5.11 Å². The SMILES string of the molecule is O=C(O)/C=C\NC1CC1. The maximum atomic E-state index is 9.87. The molecule has 0 aromatic rings. The number of hydrogen-bond donors (Lipinski definition) is 2. The molecule has 50 valence electrons. The molecule has 0 spiro atoms. The number of rotatable bonds is 3. The molecular formula is C6H9NO2. The molecule has 1 rings (SSSR count). The summed E-state index contributed by atoms with van der Waals surface area (Å²) in [5, 5.41) is 11.0. The van der Waals surface area contributed by atoms with Gasteiger partial charge in [0, 0.05) is 18.3 Å². The number of carboxylic acid groups (broad SMARTS) is 1. The summed E-state index contributed by atoms with van der Waals surface area (Å²) in [4.78, 5) is 9.87. The van der Waals surface area contributed by atoms with E-state index in [-0.39, 0.29) is 0 Å². The fourth-order valence-corrected chi connectivity index (χ4v) is 0.505. The van der Waals surface area contributed by atoms with E-state index in [1.165, 1.54) is 19.0 Å². The van der Waals surface area contributed by atoms with Gasteiger partial charge in [0.25, 0.3) is 0 Å². The smallest absolute Gasteiger partial charge is 0.329 e. The summed E-state index contributed by atoms with van der Waals surface area (Å²) in [5.41, 5.74) is 0. The van der Waals surface area contributed by atoms with Crippen molar-refractivity contribution in [3.63, 3.8) is 0 Å². The fourth-order valence-electron chi connectivity index (χ4n) is 0.505. The maximum Gasteiger partial charge on any atom is 0.329 e. The van der Waals surface area contributed by atoms with Crippen LogP contribution in [0.4, 0.5) is 0 Å². The van der Waals surface area contributed by atoms with Gasteiger partial charge in [-0.15, -0.1) is 0 Å². The molecule has 0 aromatic heterocycles. The minimum Gasteiger partial charge on any atom is -0.478 e. The van der Waals surface area contributed by atoms with E-state index < -0.39 is 5.97 Å². The average molecular weight is 127 g/mol.